The van der Waals surface area contributed by atoms with Gasteiger partial charge in [0.2, 0.25) is 0 Å². The molecule has 1 rings (SSSR count). The summed E-state index contributed by atoms with van der Waals surface area (Å²) in [6, 6.07) is 4.33. The monoisotopic (exact) mass is 525 g/mol. The Bertz CT molecular complexity index is 932. The van der Waals surface area contributed by atoms with Crippen LogP contribution in [0.4, 0.5) is 9.59 Å². The molecular formula is C26H39NO10. The lowest BCUT2D eigenvalue weighted by molar-refractivity contribution is -0.152. The van der Waals surface area contributed by atoms with Gasteiger partial charge in [0, 0.05) is 12.8 Å². The first-order valence-electron chi connectivity index (χ1n) is 12.3. The molecule has 0 heterocycles. The van der Waals surface area contributed by atoms with Crippen molar-refractivity contribution in [2.24, 2.45) is 11.7 Å². The average Bonchev–Trinajstić information content (AvgIpc) is 2.84. The summed E-state index contributed by atoms with van der Waals surface area (Å²) in [4.78, 5) is 48.8. The molecule has 1 aromatic carbocycles. The highest BCUT2D eigenvalue weighted by Crippen LogP contribution is 2.31. The van der Waals surface area contributed by atoms with E-state index in [1.54, 1.807) is 33.8 Å². The average molecular weight is 526 g/mol. The molecule has 2 N–H and O–H groups in total. The number of carbonyl (C=O) groups is 4. The van der Waals surface area contributed by atoms with E-state index in [1.165, 1.54) is 19.2 Å². The van der Waals surface area contributed by atoms with Crippen LogP contribution in [0.1, 0.15) is 66.4 Å². The van der Waals surface area contributed by atoms with Gasteiger partial charge in [0.25, 0.3) is 0 Å². The highest BCUT2D eigenvalue weighted by atomic mass is 16.7. The third-order valence-electron chi connectivity index (χ3n) is 5.51. The second-order valence-corrected chi connectivity index (χ2v) is 9.06. The number of esters is 2. The summed E-state index contributed by atoms with van der Waals surface area (Å²) in [6.45, 7) is 10.4. The van der Waals surface area contributed by atoms with E-state index in [1.807, 2.05) is 13.8 Å². The van der Waals surface area contributed by atoms with Gasteiger partial charge in [-0.3, -0.25) is 9.59 Å². The van der Waals surface area contributed by atoms with Crippen molar-refractivity contribution >= 4 is 24.2 Å². The molecule has 208 valence electrons. The minimum absolute atomic E-state index is 0.0239. The lowest BCUT2D eigenvalue weighted by atomic mass is 9.88. The molecule has 0 amide bonds. The molecule has 0 saturated heterocycles. The van der Waals surface area contributed by atoms with Crippen LogP contribution in [0.25, 0.3) is 0 Å². The Kier molecular flexibility index (Phi) is 12.9. The maximum Gasteiger partial charge on any atom is 0.514 e. The zero-order chi connectivity index (χ0) is 28.2. The van der Waals surface area contributed by atoms with Crippen molar-refractivity contribution < 1.29 is 47.6 Å². The SMILES string of the molecule is CCC(C)OC(=O)Oc1ccc(CC(N)(CCOC(=O)C(C)C)C(=O)OC)cc1OC(=O)OC(C)CC. The van der Waals surface area contributed by atoms with E-state index in [-0.39, 0.29) is 43.0 Å². The zero-order valence-corrected chi connectivity index (χ0v) is 22.7. The topological polar surface area (TPSA) is 150 Å². The number of nitrogens with two attached hydrogens (primary N) is 1. The van der Waals surface area contributed by atoms with Gasteiger partial charge in [-0.05, 0) is 44.4 Å². The molecule has 0 fully saturated rings. The maximum absolute atomic E-state index is 12.5. The van der Waals surface area contributed by atoms with E-state index < -0.39 is 35.9 Å². The summed E-state index contributed by atoms with van der Waals surface area (Å²) in [5, 5.41) is 0. The van der Waals surface area contributed by atoms with E-state index in [2.05, 4.69) is 0 Å². The minimum atomic E-state index is -1.56. The zero-order valence-electron chi connectivity index (χ0n) is 22.7. The third kappa shape index (κ3) is 10.7. The van der Waals surface area contributed by atoms with Gasteiger partial charge < -0.3 is 34.2 Å². The highest BCUT2D eigenvalue weighted by molar-refractivity contribution is 5.81. The Morgan fingerprint density at radius 2 is 1.43 bits per heavy atom. The fourth-order valence-corrected chi connectivity index (χ4v) is 2.88. The first kappa shape index (κ1) is 31.7. The number of hydrogen-bond donors (Lipinski definition) is 1. The quantitative estimate of drug-likeness (QED) is 0.223. The van der Waals surface area contributed by atoms with Crippen molar-refractivity contribution in [2.75, 3.05) is 13.7 Å². The van der Waals surface area contributed by atoms with Crippen LogP contribution in [0.3, 0.4) is 0 Å². The van der Waals surface area contributed by atoms with Gasteiger partial charge in [0.15, 0.2) is 11.5 Å². The van der Waals surface area contributed by atoms with Crippen molar-refractivity contribution in [3.05, 3.63) is 23.8 Å². The van der Waals surface area contributed by atoms with Gasteiger partial charge in [-0.1, -0.05) is 33.8 Å². The van der Waals surface area contributed by atoms with Crippen LogP contribution < -0.4 is 15.2 Å². The summed E-state index contributed by atoms with van der Waals surface area (Å²) in [7, 11) is 1.20. The molecular weight excluding hydrogens is 486 g/mol. The van der Waals surface area contributed by atoms with Crippen molar-refractivity contribution in [1.82, 2.24) is 0 Å². The van der Waals surface area contributed by atoms with Crippen molar-refractivity contribution in [2.45, 2.75) is 85.0 Å². The molecule has 0 aliphatic rings. The number of ether oxygens (including phenoxy) is 6. The Morgan fingerprint density at radius 1 is 0.892 bits per heavy atom. The molecule has 0 aromatic heterocycles. The molecule has 3 unspecified atom stereocenters. The molecule has 11 heteroatoms. The Morgan fingerprint density at radius 3 is 1.92 bits per heavy atom. The Balaban J connectivity index is 3.21. The summed E-state index contributed by atoms with van der Waals surface area (Å²) in [6.07, 6.45) is -1.70. The highest BCUT2D eigenvalue weighted by Gasteiger charge is 2.36. The molecule has 0 bridgehead atoms. The first-order valence-corrected chi connectivity index (χ1v) is 12.3. The van der Waals surface area contributed by atoms with Gasteiger partial charge in [-0.2, -0.15) is 0 Å². The molecule has 37 heavy (non-hydrogen) atoms. The van der Waals surface area contributed by atoms with E-state index in [0.29, 0.717) is 18.4 Å². The van der Waals surface area contributed by atoms with E-state index in [4.69, 9.17) is 34.2 Å². The molecule has 0 saturated carbocycles. The predicted octanol–water partition coefficient (Wildman–Crippen LogP) is 4.32. The van der Waals surface area contributed by atoms with Crippen molar-refractivity contribution in [3.63, 3.8) is 0 Å². The lowest BCUT2D eigenvalue weighted by Crippen LogP contribution is -2.51. The van der Waals surface area contributed by atoms with Crippen molar-refractivity contribution in [1.29, 1.82) is 0 Å². The van der Waals surface area contributed by atoms with Gasteiger partial charge in [-0.15, -0.1) is 0 Å². The van der Waals surface area contributed by atoms with Gasteiger partial charge in [0.1, 0.15) is 17.7 Å². The minimum Gasteiger partial charge on any atom is -0.468 e. The third-order valence-corrected chi connectivity index (χ3v) is 5.51. The van der Waals surface area contributed by atoms with Crippen LogP contribution >= 0.6 is 0 Å². The van der Waals surface area contributed by atoms with Crippen LogP contribution in [0.2, 0.25) is 0 Å². The van der Waals surface area contributed by atoms with Crippen LogP contribution in [0, 0.1) is 5.92 Å². The second-order valence-electron chi connectivity index (χ2n) is 9.06. The largest absolute Gasteiger partial charge is 0.514 e. The summed E-state index contributed by atoms with van der Waals surface area (Å²) in [5.74, 6) is -1.70. The fraction of sp³-hybridized carbons (Fsp3) is 0.615. The van der Waals surface area contributed by atoms with E-state index >= 15 is 0 Å². The molecule has 11 nitrogen and oxygen atoms in total. The predicted molar refractivity (Wildman–Crippen MR) is 133 cm³/mol. The second kappa shape index (κ2) is 15.0. The van der Waals surface area contributed by atoms with Gasteiger partial charge in [0.05, 0.1) is 19.6 Å². The van der Waals surface area contributed by atoms with E-state index in [0.717, 1.165) is 0 Å². The molecule has 3 atom stereocenters. The normalized spacial score (nSPS) is 14.1. The van der Waals surface area contributed by atoms with Crippen LogP contribution in [-0.4, -0.2) is 55.7 Å². The molecule has 0 spiro atoms. The fourth-order valence-electron chi connectivity index (χ4n) is 2.88. The van der Waals surface area contributed by atoms with Gasteiger partial charge in [-0.25, -0.2) is 9.59 Å². The van der Waals surface area contributed by atoms with Gasteiger partial charge >= 0.3 is 24.2 Å². The van der Waals surface area contributed by atoms with Crippen LogP contribution in [0.15, 0.2) is 18.2 Å². The van der Waals surface area contributed by atoms with Crippen LogP contribution in [-0.2, 0) is 35.0 Å². The summed E-state index contributed by atoms with van der Waals surface area (Å²) < 4.78 is 30.9. The number of methoxy groups -OCH3 is 1. The summed E-state index contributed by atoms with van der Waals surface area (Å²) in [5.41, 5.74) is 5.27. The number of benzene rings is 1. The number of rotatable bonds is 13. The molecule has 0 aliphatic heterocycles. The van der Waals surface area contributed by atoms with E-state index in [9.17, 15) is 19.2 Å². The Labute approximate surface area is 217 Å². The van der Waals surface area contributed by atoms with Crippen LogP contribution in [0.5, 0.6) is 11.5 Å². The first-order chi connectivity index (χ1) is 17.3. The Hall–Kier alpha value is -3.34. The lowest BCUT2D eigenvalue weighted by Gasteiger charge is -2.27. The smallest absolute Gasteiger partial charge is 0.468 e. The molecule has 0 aliphatic carbocycles. The maximum atomic E-state index is 12.5. The number of hydrogen-bond acceptors (Lipinski definition) is 11. The standard InChI is InChI=1S/C26H39NO10/c1-8-17(5)34-24(30)36-20-11-10-19(14-21(20)37-25(31)35-18(6)9-2)15-26(27,23(29)32-7)12-13-33-22(28)16(3)4/h10-11,14,16-18H,8-9,12-13,15,27H2,1-7H3. The molecule has 1 aromatic rings. The van der Waals surface area contributed by atoms with Crippen molar-refractivity contribution in [3.8, 4) is 11.5 Å². The molecule has 0 radical (unpaired) electrons. The number of carbonyl (C=O) groups excluding carboxylic acids is 4. The summed E-state index contributed by atoms with van der Waals surface area (Å²) >= 11 is 0.